The quantitative estimate of drug-likeness (QED) is 0.137. The van der Waals surface area contributed by atoms with Gasteiger partial charge in [-0.1, -0.05) is 35.6 Å². The lowest BCUT2D eigenvalue weighted by atomic mass is 9.95. The van der Waals surface area contributed by atoms with Crippen molar-refractivity contribution in [3.63, 3.8) is 0 Å². The molecule has 1 aliphatic heterocycles. The van der Waals surface area contributed by atoms with E-state index >= 15 is 0 Å². The van der Waals surface area contributed by atoms with Gasteiger partial charge in [-0.05, 0) is 120 Å². The van der Waals surface area contributed by atoms with E-state index in [4.69, 9.17) is 18.9 Å². The Morgan fingerprint density at radius 2 is 1.85 bits per heavy atom. The third-order valence-corrected chi connectivity index (χ3v) is 9.80. The Hall–Kier alpha value is -3.68. The maximum atomic E-state index is 14.2. The Bertz CT molecular complexity index is 2090. The second-order valence-corrected chi connectivity index (χ2v) is 14.1. The molecule has 12 heteroatoms. The fraction of sp³-hybridized carbons (Fsp3) is 0.257. The second-order valence-electron chi connectivity index (χ2n) is 10.8. The van der Waals surface area contributed by atoms with Gasteiger partial charge in [-0.2, -0.15) is 5.26 Å². The standard InChI is InChI=1S/C35H31I2N3O6S/c1-6-44-34(42)30-20(4)39-35-40(31(30)22-11-12-27(46-19(2)3)28(16-22)43-5)33(41)29(47-35)15-21-13-25(36)32(26(37)14-21)45-18-24-10-8-7-9-23(24)17-38/h7-16,19,31H,6,18H2,1-5H3/b29-15-/t31-/m0/s1. The van der Waals surface area contributed by atoms with Crippen LogP contribution in [0.1, 0.15) is 56.0 Å². The monoisotopic (exact) mass is 875 g/mol. The summed E-state index contributed by atoms with van der Waals surface area (Å²) in [5.41, 5.74) is 3.32. The molecule has 0 saturated heterocycles. The molecule has 3 aromatic carbocycles. The van der Waals surface area contributed by atoms with Crippen molar-refractivity contribution in [2.75, 3.05) is 13.7 Å². The van der Waals surface area contributed by atoms with Crippen LogP contribution < -0.4 is 29.1 Å². The van der Waals surface area contributed by atoms with Crippen molar-refractivity contribution in [3.05, 3.63) is 115 Å². The van der Waals surface area contributed by atoms with E-state index in [0.717, 1.165) is 18.3 Å². The molecule has 242 valence electrons. The highest BCUT2D eigenvalue weighted by molar-refractivity contribution is 14.1. The molecular weight excluding hydrogens is 844 g/mol. The second kappa shape index (κ2) is 15.0. The molecule has 0 radical (unpaired) electrons. The molecule has 0 bridgehead atoms. The van der Waals surface area contributed by atoms with E-state index in [0.29, 0.717) is 43.4 Å². The first-order chi connectivity index (χ1) is 22.6. The molecule has 0 N–H and O–H groups in total. The number of halogens is 2. The normalized spacial score (nSPS) is 14.4. The van der Waals surface area contributed by atoms with Crippen molar-refractivity contribution in [1.82, 2.24) is 4.57 Å². The number of fused-ring (bicyclic) bond motifs is 1. The van der Waals surface area contributed by atoms with Gasteiger partial charge < -0.3 is 18.9 Å². The lowest BCUT2D eigenvalue weighted by molar-refractivity contribution is -0.139. The van der Waals surface area contributed by atoms with E-state index in [1.807, 2.05) is 56.3 Å². The van der Waals surface area contributed by atoms with Crippen LogP contribution in [0.2, 0.25) is 0 Å². The van der Waals surface area contributed by atoms with Crippen molar-refractivity contribution in [3.8, 4) is 23.3 Å². The average molecular weight is 876 g/mol. The molecule has 5 rings (SSSR count). The van der Waals surface area contributed by atoms with E-state index in [1.165, 1.54) is 11.3 Å². The molecule has 0 aliphatic carbocycles. The first kappa shape index (κ1) is 34.6. The number of carbonyl (C=O) groups excluding carboxylic acids is 1. The maximum Gasteiger partial charge on any atom is 0.338 e. The van der Waals surface area contributed by atoms with Gasteiger partial charge in [0.15, 0.2) is 16.3 Å². The third kappa shape index (κ3) is 7.42. The number of hydrogen-bond acceptors (Lipinski definition) is 9. The largest absolute Gasteiger partial charge is 0.493 e. The first-order valence-electron chi connectivity index (χ1n) is 14.7. The van der Waals surface area contributed by atoms with Gasteiger partial charge in [0.05, 0.1) is 60.4 Å². The van der Waals surface area contributed by atoms with Gasteiger partial charge in [0.1, 0.15) is 12.4 Å². The molecule has 0 unspecified atom stereocenters. The van der Waals surface area contributed by atoms with Crippen molar-refractivity contribution >= 4 is 68.6 Å². The van der Waals surface area contributed by atoms with Crippen LogP contribution in [0.5, 0.6) is 17.2 Å². The number of carbonyl (C=O) groups is 1. The number of rotatable bonds is 10. The minimum atomic E-state index is -0.790. The summed E-state index contributed by atoms with van der Waals surface area (Å²) < 4.78 is 26.8. The van der Waals surface area contributed by atoms with Gasteiger partial charge in [-0.25, -0.2) is 9.79 Å². The van der Waals surface area contributed by atoms with Crippen molar-refractivity contribution < 1.29 is 23.7 Å². The molecule has 1 atom stereocenters. The summed E-state index contributed by atoms with van der Waals surface area (Å²) >= 11 is 5.68. The molecule has 0 amide bonds. The van der Waals surface area contributed by atoms with E-state index in [9.17, 15) is 14.9 Å². The van der Waals surface area contributed by atoms with Crippen LogP contribution in [0.4, 0.5) is 0 Å². The number of aromatic nitrogens is 1. The van der Waals surface area contributed by atoms with Crippen LogP contribution in [0.3, 0.4) is 0 Å². The van der Waals surface area contributed by atoms with Gasteiger partial charge in [0.2, 0.25) is 0 Å². The summed E-state index contributed by atoms with van der Waals surface area (Å²) in [5, 5.41) is 9.43. The van der Waals surface area contributed by atoms with Gasteiger partial charge in [0.25, 0.3) is 5.56 Å². The van der Waals surface area contributed by atoms with E-state index in [2.05, 4.69) is 56.2 Å². The molecule has 0 saturated carbocycles. The average Bonchev–Trinajstić information content (AvgIpc) is 3.33. The molecule has 9 nitrogen and oxygen atoms in total. The predicted molar refractivity (Wildman–Crippen MR) is 197 cm³/mol. The summed E-state index contributed by atoms with van der Waals surface area (Å²) in [4.78, 5) is 32.6. The predicted octanol–water partition coefficient (Wildman–Crippen LogP) is 6.25. The first-order valence-corrected chi connectivity index (χ1v) is 17.7. The maximum absolute atomic E-state index is 14.2. The van der Waals surface area contributed by atoms with Crippen molar-refractivity contribution in [2.24, 2.45) is 4.99 Å². The molecular formula is C35H31I2N3O6S. The Morgan fingerprint density at radius 1 is 1.13 bits per heavy atom. The number of allylic oxidation sites excluding steroid dienone is 1. The number of nitrogens with zero attached hydrogens (tertiary/aromatic N) is 3. The van der Waals surface area contributed by atoms with Crippen LogP contribution in [0, 0.1) is 18.5 Å². The molecule has 0 spiro atoms. The van der Waals surface area contributed by atoms with Crippen LogP contribution >= 0.6 is 56.5 Å². The highest BCUT2D eigenvalue weighted by atomic mass is 127. The lowest BCUT2D eigenvalue weighted by Gasteiger charge is -2.25. The number of hydrogen-bond donors (Lipinski definition) is 0. The topological polar surface area (TPSA) is 112 Å². The van der Waals surface area contributed by atoms with Gasteiger partial charge >= 0.3 is 5.97 Å². The SMILES string of the molecule is CCOC(=O)C1=C(C)N=c2s/c(=C\c3cc(I)c(OCc4ccccc4C#N)c(I)c3)c(=O)n2[C@H]1c1ccc(OC(C)C)c(OC)c1. The molecule has 1 aromatic heterocycles. The third-order valence-electron chi connectivity index (χ3n) is 7.21. The van der Waals surface area contributed by atoms with E-state index in [-0.39, 0.29) is 30.5 Å². The summed E-state index contributed by atoms with van der Waals surface area (Å²) in [6.07, 6.45) is 1.75. The van der Waals surface area contributed by atoms with Crippen molar-refractivity contribution in [1.29, 1.82) is 5.26 Å². The Morgan fingerprint density at radius 3 is 2.51 bits per heavy atom. The van der Waals surface area contributed by atoms with Gasteiger partial charge in [-0.3, -0.25) is 9.36 Å². The van der Waals surface area contributed by atoms with Gasteiger partial charge in [0, 0.05) is 5.56 Å². The number of thiazole rings is 1. The Labute approximate surface area is 303 Å². The fourth-order valence-corrected chi connectivity index (χ4v) is 8.34. The number of nitriles is 1. The zero-order chi connectivity index (χ0) is 33.8. The highest BCUT2D eigenvalue weighted by Gasteiger charge is 2.34. The molecule has 1 aliphatic rings. The summed E-state index contributed by atoms with van der Waals surface area (Å²) in [6.45, 7) is 7.78. The zero-order valence-electron chi connectivity index (χ0n) is 26.3. The number of ether oxygens (including phenoxy) is 4. The van der Waals surface area contributed by atoms with E-state index in [1.54, 1.807) is 43.7 Å². The fourth-order valence-electron chi connectivity index (χ4n) is 5.17. The summed E-state index contributed by atoms with van der Waals surface area (Å²) in [7, 11) is 1.55. The number of methoxy groups -OCH3 is 1. The molecule has 4 aromatic rings. The number of esters is 1. The van der Waals surface area contributed by atoms with Crippen LogP contribution in [0.15, 0.2) is 75.7 Å². The minimum absolute atomic E-state index is 0.0725. The zero-order valence-corrected chi connectivity index (χ0v) is 31.4. The lowest BCUT2D eigenvalue weighted by Crippen LogP contribution is -2.40. The summed E-state index contributed by atoms with van der Waals surface area (Å²) in [5.74, 6) is 1.21. The molecule has 2 heterocycles. The van der Waals surface area contributed by atoms with Crippen molar-refractivity contribution in [2.45, 2.75) is 46.4 Å². The molecule has 0 fully saturated rings. The van der Waals surface area contributed by atoms with Crippen LogP contribution in [-0.2, 0) is 16.1 Å². The van der Waals surface area contributed by atoms with Crippen LogP contribution in [0.25, 0.3) is 6.08 Å². The molecule has 47 heavy (non-hydrogen) atoms. The Balaban J connectivity index is 1.58. The number of benzene rings is 3. The van der Waals surface area contributed by atoms with Gasteiger partial charge in [-0.15, -0.1) is 0 Å². The Kier molecular flexibility index (Phi) is 11.1. The van der Waals surface area contributed by atoms with E-state index < -0.39 is 12.0 Å². The summed E-state index contributed by atoms with van der Waals surface area (Å²) in [6, 6.07) is 18.0. The highest BCUT2D eigenvalue weighted by Crippen LogP contribution is 2.37. The minimum Gasteiger partial charge on any atom is -0.493 e. The van der Waals surface area contributed by atoms with Crippen LogP contribution in [-0.4, -0.2) is 30.4 Å². The smallest absolute Gasteiger partial charge is 0.338 e.